The maximum absolute atomic E-state index is 14.1. The SMILES string of the molecule is CCN(c1ccccc1F)c1c(F)cccc1CCl. The van der Waals surface area contributed by atoms with Gasteiger partial charge in [0.25, 0.3) is 0 Å². The Morgan fingerprint density at radius 3 is 2.32 bits per heavy atom. The van der Waals surface area contributed by atoms with Gasteiger partial charge in [0.05, 0.1) is 11.4 Å². The van der Waals surface area contributed by atoms with Crippen molar-refractivity contribution in [2.45, 2.75) is 12.8 Å². The van der Waals surface area contributed by atoms with Crippen LogP contribution in [0.4, 0.5) is 20.2 Å². The molecule has 2 aromatic rings. The largest absolute Gasteiger partial charge is 0.337 e. The molecule has 1 nitrogen and oxygen atoms in total. The van der Waals surface area contributed by atoms with Crippen LogP contribution in [0.1, 0.15) is 12.5 Å². The van der Waals surface area contributed by atoms with Crippen molar-refractivity contribution in [2.24, 2.45) is 0 Å². The molecule has 0 N–H and O–H groups in total. The third kappa shape index (κ3) is 2.71. The topological polar surface area (TPSA) is 3.24 Å². The second kappa shape index (κ2) is 6.02. The summed E-state index contributed by atoms with van der Waals surface area (Å²) < 4.78 is 28.0. The average molecular weight is 282 g/mol. The Bertz CT molecular complexity index is 572. The molecule has 0 aliphatic rings. The molecule has 0 fully saturated rings. The monoisotopic (exact) mass is 281 g/mol. The third-order valence-electron chi connectivity index (χ3n) is 2.94. The fraction of sp³-hybridized carbons (Fsp3) is 0.200. The van der Waals surface area contributed by atoms with Crippen molar-refractivity contribution < 1.29 is 8.78 Å². The van der Waals surface area contributed by atoms with Crippen molar-refractivity contribution in [3.8, 4) is 0 Å². The minimum Gasteiger partial charge on any atom is -0.337 e. The molecule has 100 valence electrons. The molecule has 0 atom stereocenters. The highest BCUT2D eigenvalue weighted by molar-refractivity contribution is 6.17. The molecule has 0 aliphatic heterocycles. The second-order valence-electron chi connectivity index (χ2n) is 4.08. The minimum absolute atomic E-state index is 0.179. The summed E-state index contributed by atoms with van der Waals surface area (Å²) in [5, 5.41) is 0. The number of nitrogens with zero attached hydrogens (tertiary/aromatic N) is 1. The Morgan fingerprint density at radius 1 is 1.00 bits per heavy atom. The van der Waals surface area contributed by atoms with E-state index in [9.17, 15) is 8.78 Å². The van der Waals surface area contributed by atoms with Crippen molar-refractivity contribution in [1.29, 1.82) is 0 Å². The van der Waals surface area contributed by atoms with E-state index < -0.39 is 5.82 Å². The molecule has 0 spiro atoms. The zero-order valence-corrected chi connectivity index (χ0v) is 11.3. The van der Waals surface area contributed by atoms with Gasteiger partial charge in [0, 0.05) is 12.4 Å². The number of anilines is 2. The molecular weight excluding hydrogens is 268 g/mol. The molecule has 0 amide bonds. The molecule has 4 heteroatoms. The highest BCUT2D eigenvalue weighted by Gasteiger charge is 2.18. The van der Waals surface area contributed by atoms with Crippen LogP contribution in [0.2, 0.25) is 0 Å². The summed E-state index contributed by atoms with van der Waals surface area (Å²) >= 11 is 5.85. The van der Waals surface area contributed by atoms with E-state index in [1.165, 1.54) is 12.1 Å². The Balaban J connectivity index is 2.58. The Morgan fingerprint density at radius 2 is 1.68 bits per heavy atom. The lowest BCUT2D eigenvalue weighted by Gasteiger charge is -2.26. The summed E-state index contributed by atoms with van der Waals surface area (Å²) in [4.78, 5) is 1.60. The summed E-state index contributed by atoms with van der Waals surface area (Å²) in [6, 6.07) is 11.0. The first-order chi connectivity index (χ1) is 9.19. The summed E-state index contributed by atoms with van der Waals surface area (Å²) in [7, 11) is 0. The minimum atomic E-state index is -0.400. The van der Waals surface area contributed by atoms with Gasteiger partial charge < -0.3 is 4.90 Å². The zero-order chi connectivity index (χ0) is 13.8. The van der Waals surface area contributed by atoms with Crippen LogP contribution >= 0.6 is 11.6 Å². The average Bonchev–Trinajstić information content (AvgIpc) is 2.43. The smallest absolute Gasteiger partial charge is 0.147 e. The standard InChI is InChI=1S/C15H14ClF2N/c1-2-19(14-9-4-3-7-12(14)17)15-11(10-16)6-5-8-13(15)18/h3-9H,2,10H2,1H3. The Hall–Kier alpha value is -1.61. The summed E-state index contributed by atoms with van der Waals surface area (Å²) in [6.45, 7) is 2.29. The lowest BCUT2D eigenvalue weighted by atomic mass is 10.1. The van der Waals surface area contributed by atoms with Gasteiger partial charge >= 0.3 is 0 Å². The molecule has 0 bridgehead atoms. The molecule has 0 heterocycles. The number of hydrogen-bond acceptors (Lipinski definition) is 1. The number of hydrogen-bond donors (Lipinski definition) is 0. The first kappa shape index (κ1) is 13.8. The van der Waals surface area contributed by atoms with Gasteiger partial charge in [0.15, 0.2) is 0 Å². The van der Waals surface area contributed by atoms with Gasteiger partial charge in [0.2, 0.25) is 0 Å². The number of benzene rings is 2. The molecule has 0 aliphatic carbocycles. The molecule has 0 aromatic heterocycles. The number of halogens is 3. The highest BCUT2D eigenvalue weighted by atomic mass is 35.5. The lowest BCUT2D eigenvalue weighted by molar-refractivity contribution is 0.613. The van der Waals surface area contributed by atoms with Crippen LogP contribution in [0.3, 0.4) is 0 Å². The van der Waals surface area contributed by atoms with Crippen molar-refractivity contribution in [1.82, 2.24) is 0 Å². The Kier molecular flexibility index (Phi) is 4.38. The first-order valence-electron chi connectivity index (χ1n) is 6.04. The number of rotatable bonds is 4. The normalized spacial score (nSPS) is 10.5. The van der Waals surface area contributed by atoms with Crippen molar-refractivity contribution in [3.05, 3.63) is 59.7 Å². The fourth-order valence-electron chi connectivity index (χ4n) is 2.09. The van der Waals surface area contributed by atoms with Crippen LogP contribution < -0.4 is 4.90 Å². The van der Waals surface area contributed by atoms with Crippen molar-refractivity contribution in [2.75, 3.05) is 11.4 Å². The van der Waals surface area contributed by atoms with Gasteiger partial charge in [-0.05, 0) is 30.7 Å². The summed E-state index contributed by atoms with van der Waals surface area (Å²) in [5.41, 5.74) is 1.33. The number of alkyl halides is 1. The zero-order valence-electron chi connectivity index (χ0n) is 10.5. The predicted molar refractivity (Wildman–Crippen MR) is 75.0 cm³/mol. The van der Waals surface area contributed by atoms with Gasteiger partial charge in [-0.1, -0.05) is 24.3 Å². The van der Waals surface area contributed by atoms with Crippen LogP contribution in [-0.2, 0) is 5.88 Å². The summed E-state index contributed by atoms with van der Waals surface area (Å²) in [6.07, 6.45) is 0. The van der Waals surface area contributed by atoms with E-state index in [0.29, 0.717) is 23.5 Å². The third-order valence-corrected chi connectivity index (χ3v) is 3.23. The van der Waals surface area contributed by atoms with Crippen LogP contribution in [0.25, 0.3) is 0 Å². The van der Waals surface area contributed by atoms with E-state index in [-0.39, 0.29) is 11.7 Å². The highest BCUT2D eigenvalue weighted by Crippen LogP contribution is 2.33. The summed E-state index contributed by atoms with van der Waals surface area (Å²) in [5.74, 6) is -0.603. The van der Waals surface area contributed by atoms with Crippen LogP contribution in [0.15, 0.2) is 42.5 Å². The van der Waals surface area contributed by atoms with Gasteiger partial charge in [-0.2, -0.15) is 0 Å². The maximum Gasteiger partial charge on any atom is 0.147 e. The van der Waals surface area contributed by atoms with Gasteiger partial charge in [-0.15, -0.1) is 11.6 Å². The molecular formula is C15H14ClF2N. The molecule has 2 aromatic carbocycles. The van der Waals surface area contributed by atoms with Crippen LogP contribution in [0, 0.1) is 11.6 Å². The number of para-hydroxylation sites is 2. The van der Waals surface area contributed by atoms with Gasteiger partial charge in [0.1, 0.15) is 11.6 Å². The molecule has 2 rings (SSSR count). The van der Waals surface area contributed by atoms with Crippen LogP contribution in [0.5, 0.6) is 0 Å². The lowest BCUT2D eigenvalue weighted by Crippen LogP contribution is -2.20. The molecule has 19 heavy (non-hydrogen) atoms. The first-order valence-corrected chi connectivity index (χ1v) is 6.58. The molecule has 0 unspecified atom stereocenters. The van der Waals surface area contributed by atoms with E-state index >= 15 is 0 Å². The quantitative estimate of drug-likeness (QED) is 0.723. The van der Waals surface area contributed by atoms with E-state index in [0.717, 1.165) is 0 Å². The molecule has 0 saturated heterocycles. The molecule has 0 saturated carbocycles. The van der Waals surface area contributed by atoms with Crippen molar-refractivity contribution in [3.63, 3.8) is 0 Å². The van der Waals surface area contributed by atoms with Crippen molar-refractivity contribution >= 4 is 23.0 Å². The Labute approximate surface area is 116 Å². The fourth-order valence-corrected chi connectivity index (χ4v) is 2.31. The van der Waals surface area contributed by atoms with Crippen LogP contribution in [-0.4, -0.2) is 6.54 Å². The van der Waals surface area contributed by atoms with E-state index in [2.05, 4.69) is 0 Å². The second-order valence-corrected chi connectivity index (χ2v) is 4.34. The molecule has 0 radical (unpaired) electrons. The van der Waals surface area contributed by atoms with E-state index in [1.54, 1.807) is 35.2 Å². The predicted octanol–water partition coefficient (Wildman–Crippen LogP) is 4.86. The van der Waals surface area contributed by atoms with E-state index in [1.807, 2.05) is 6.92 Å². The van der Waals surface area contributed by atoms with Gasteiger partial charge in [-0.25, -0.2) is 8.78 Å². The van der Waals surface area contributed by atoms with Gasteiger partial charge in [-0.3, -0.25) is 0 Å². The van der Waals surface area contributed by atoms with E-state index in [4.69, 9.17) is 11.6 Å². The maximum atomic E-state index is 14.1.